The standard InChI is InChI=1S/C29H32N4O3/c1-21-17-33(22(2)20-34)29(35)26-15-24(12-13-25-11-7-8-14-30-25)16-31-28(26)36-27(21)19-32(3)18-23-9-5-4-6-10-23/h4-11,14-16,21-22,27,34H,17-20H2,1-3H3/t21-,22+,27+/m0/s1. The quantitative estimate of drug-likeness (QED) is 0.542. The summed E-state index contributed by atoms with van der Waals surface area (Å²) in [6.07, 6.45) is 3.11. The molecule has 7 nitrogen and oxygen atoms in total. The molecule has 3 heterocycles. The van der Waals surface area contributed by atoms with Gasteiger partial charge in [0.15, 0.2) is 0 Å². The molecule has 3 atom stereocenters. The zero-order valence-electron chi connectivity index (χ0n) is 21.0. The average molecular weight is 485 g/mol. The van der Waals surface area contributed by atoms with E-state index in [0.717, 1.165) is 6.54 Å². The number of aliphatic hydroxyl groups excluding tert-OH is 1. The Labute approximate surface area is 212 Å². The Kier molecular flexibility index (Phi) is 8.32. The zero-order chi connectivity index (χ0) is 25.5. The summed E-state index contributed by atoms with van der Waals surface area (Å²) in [5.41, 5.74) is 2.81. The van der Waals surface area contributed by atoms with Crippen LogP contribution in [0.3, 0.4) is 0 Å². The van der Waals surface area contributed by atoms with Gasteiger partial charge in [-0.05, 0) is 43.7 Å². The normalized spacial score (nSPS) is 18.4. The van der Waals surface area contributed by atoms with E-state index in [-0.39, 0.29) is 30.6 Å². The fourth-order valence-corrected chi connectivity index (χ4v) is 4.23. The van der Waals surface area contributed by atoms with Crippen LogP contribution in [0, 0.1) is 17.8 Å². The molecule has 0 fully saturated rings. The van der Waals surface area contributed by atoms with Crippen LogP contribution in [0.2, 0.25) is 0 Å². The summed E-state index contributed by atoms with van der Waals surface area (Å²) in [5, 5.41) is 9.86. The number of aromatic nitrogens is 2. The van der Waals surface area contributed by atoms with Gasteiger partial charge in [0.1, 0.15) is 17.4 Å². The Morgan fingerprint density at radius 2 is 1.94 bits per heavy atom. The minimum absolute atomic E-state index is 0.0275. The summed E-state index contributed by atoms with van der Waals surface area (Å²) < 4.78 is 6.38. The van der Waals surface area contributed by atoms with Crippen molar-refractivity contribution in [3.8, 4) is 17.7 Å². The number of carbonyl (C=O) groups is 1. The van der Waals surface area contributed by atoms with Gasteiger partial charge in [-0.3, -0.25) is 9.69 Å². The number of carbonyl (C=O) groups excluding carboxylic acids is 1. The lowest BCUT2D eigenvalue weighted by atomic mass is 9.99. The number of ether oxygens (including phenoxy) is 1. The number of hydrogen-bond acceptors (Lipinski definition) is 6. The highest BCUT2D eigenvalue weighted by molar-refractivity contribution is 5.97. The molecule has 3 aromatic rings. The molecule has 1 N–H and O–H groups in total. The third-order valence-corrected chi connectivity index (χ3v) is 6.31. The number of fused-ring (bicyclic) bond motifs is 1. The molecule has 0 unspecified atom stereocenters. The van der Waals surface area contributed by atoms with Crippen molar-refractivity contribution in [2.24, 2.45) is 5.92 Å². The van der Waals surface area contributed by atoms with Crippen LogP contribution in [0.4, 0.5) is 0 Å². The molecule has 0 saturated carbocycles. The molecule has 4 rings (SSSR count). The minimum atomic E-state index is -0.336. The van der Waals surface area contributed by atoms with Gasteiger partial charge < -0.3 is 14.7 Å². The van der Waals surface area contributed by atoms with Crippen LogP contribution >= 0.6 is 0 Å². The molecule has 0 saturated heterocycles. The van der Waals surface area contributed by atoms with E-state index in [0.29, 0.717) is 35.8 Å². The molecule has 1 aromatic carbocycles. The highest BCUT2D eigenvalue weighted by atomic mass is 16.5. The number of rotatable bonds is 6. The molecule has 0 aliphatic carbocycles. The highest BCUT2D eigenvalue weighted by Crippen LogP contribution is 2.27. The van der Waals surface area contributed by atoms with Gasteiger partial charge in [0, 0.05) is 43.5 Å². The monoisotopic (exact) mass is 484 g/mol. The number of likely N-dealkylation sites (N-methyl/N-ethyl adjacent to an activating group) is 1. The van der Waals surface area contributed by atoms with E-state index < -0.39 is 0 Å². The largest absolute Gasteiger partial charge is 0.472 e. The van der Waals surface area contributed by atoms with Crippen LogP contribution in [0.25, 0.3) is 0 Å². The fraction of sp³-hybridized carbons (Fsp3) is 0.345. The van der Waals surface area contributed by atoms with Crippen molar-refractivity contribution in [2.75, 3.05) is 26.7 Å². The first-order valence-electron chi connectivity index (χ1n) is 12.2. The average Bonchev–Trinajstić information content (AvgIpc) is 2.90. The van der Waals surface area contributed by atoms with Gasteiger partial charge in [-0.25, -0.2) is 9.97 Å². The molecule has 7 heteroatoms. The molecule has 36 heavy (non-hydrogen) atoms. The lowest BCUT2D eigenvalue weighted by Gasteiger charge is -2.37. The van der Waals surface area contributed by atoms with Crippen molar-refractivity contribution in [2.45, 2.75) is 32.5 Å². The van der Waals surface area contributed by atoms with Crippen LogP contribution in [-0.2, 0) is 6.54 Å². The maximum atomic E-state index is 13.6. The summed E-state index contributed by atoms with van der Waals surface area (Å²) >= 11 is 0. The number of nitrogens with zero attached hydrogens (tertiary/aromatic N) is 4. The molecular formula is C29H32N4O3. The van der Waals surface area contributed by atoms with E-state index in [1.54, 1.807) is 23.4 Å². The van der Waals surface area contributed by atoms with E-state index in [1.807, 2.05) is 43.3 Å². The Hall–Kier alpha value is -3.73. The van der Waals surface area contributed by atoms with Gasteiger partial charge in [-0.2, -0.15) is 0 Å². The summed E-state index contributed by atoms with van der Waals surface area (Å²) in [4.78, 5) is 26.2. The molecule has 0 radical (unpaired) electrons. The first-order valence-corrected chi connectivity index (χ1v) is 12.2. The van der Waals surface area contributed by atoms with Gasteiger partial charge >= 0.3 is 0 Å². The minimum Gasteiger partial charge on any atom is -0.472 e. The Morgan fingerprint density at radius 3 is 2.67 bits per heavy atom. The first kappa shape index (κ1) is 25.4. The maximum Gasteiger partial charge on any atom is 0.259 e. The molecule has 2 aromatic heterocycles. The third-order valence-electron chi connectivity index (χ3n) is 6.31. The molecule has 1 aliphatic rings. The van der Waals surface area contributed by atoms with Crippen LogP contribution in [0.15, 0.2) is 67.0 Å². The van der Waals surface area contributed by atoms with Crippen molar-refractivity contribution in [1.82, 2.24) is 19.8 Å². The van der Waals surface area contributed by atoms with Crippen molar-refractivity contribution in [1.29, 1.82) is 0 Å². The van der Waals surface area contributed by atoms with Gasteiger partial charge in [-0.15, -0.1) is 0 Å². The van der Waals surface area contributed by atoms with Crippen molar-refractivity contribution in [3.63, 3.8) is 0 Å². The van der Waals surface area contributed by atoms with Crippen molar-refractivity contribution < 1.29 is 14.6 Å². The molecule has 0 spiro atoms. The number of pyridine rings is 2. The Morgan fingerprint density at radius 1 is 1.17 bits per heavy atom. The van der Waals surface area contributed by atoms with Crippen LogP contribution in [0.1, 0.15) is 41.0 Å². The van der Waals surface area contributed by atoms with Gasteiger partial charge in [0.05, 0.1) is 12.6 Å². The van der Waals surface area contributed by atoms with Crippen LogP contribution in [0.5, 0.6) is 5.88 Å². The van der Waals surface area contributed by atoms with E-state index in [2.05, 4.69) is 52.8 Å². The predicted molar refractivity (Wildman–Crippen MR) is 138 cm³/mol. The smallest absolute Gasteiger partial charge is 0.259 e. The third kappa shape index (κ3) is 6.28. The second-order valence-electron chi connectivity index (χ2n) is 9.35. The Balaban J connectivity index is 1.63. The molecule has 0 bridgehead atoms. The topological polar surface area (TPSA) is 78.8 Å². The van der Waals surface area contributed by atoms with E-state index in [1.165, 1.54) is 5.56 Å². The van der Waals surface area contributed by atoms with Gasteiger partial charge in [-0.1, -0.05) is 49.2 Å². The number of aliphatic hydroxyl groups is 1. The summed E-state index contributed by atoms with van der Waals surface area (Å²) in [6.45, 7) is 5.71. The predicted octanol–water partition coefficient (Wildman–Crippen LogP) is 3.23. The second kappa shape index (κ2) is 11.8. The van der Waals surface area contributed by atoms with Crippen LogP contribution < -0.4 is 4.74 Å². The number of amides is 1. The second-order valence-corrected chi connectivity index (χ2v) is 9.35. The molecular weight excluding hydrogens is 452 g/mol. The van der Waals surface area contributed by atoms with Crippen molar-refractivity contribution >= 4 is 5.91 Å². The zero-order valence-corrected chi connectivity index (χ0v) is 21.0. The molecule has 1 amide bonds. The van der Waals surface area contributed by atoms with Crippen molar-refractivity contribution in [3.05, 3.63) is 89.4 Å². The van der Waals surface area contributed by atoms with Gasteiger partial charge in [0.25, 0.3) is 5.91 Å². The maximum absolute atomic E-state index is 13.6. The number of hydrogen-bond donors (Lipinski definition) is 1. The number of benzene rings is 1. The Bertz CT molecular complexity index is 1220. The van der Waals surface area contributed by atoms with Crippen LogP contribution in [-0.4, -0.2) is 69.7 Å². The lowest BCUT2D eigenvalue weighted by Crippen LogP contribution is -2.49. The van der Waals surface area contributed by atoms with Gasteiger partial charge in [0.2, 0.25) is 5.88 Å². The van der Waals surface area contributed by atoms with E-state index in [4.69, 9.17) is 4.74 Å². The first-order chi connectivity index (χ1) is 17.4. The fourth-order valence-electron chi connectivity index (χ4n) is 4.23. The lowest BCUT2D eigenvalue weighted by molar-refractivity contribution is 0.0325. The molecule has 1 aliphatic heterocycles. The summed E-state index contributed by atoms with van der Waals surface area (Å²) in [7, 11) is 2.06. The van der Waals surface area contributed by atoms with E-state index in [9.17, 15) is 9.90 Å². The molecule has 186 valence electrons. The summed E-state index contributed by atoms with van der Waals surface area (Å²) in [5.74, 6) is 6.16. The SMILES string of the molecule is C[C@H](CO)N1C[C@H](C)[C@@H](CN(C)Cc2ccccc2)Oc2ncc(C#Cc3ccccn3)cc2C1=O. The highest BCUT2D eigenvalue weighted by Gasteiger charge is 2.34. The van der Waals surface area contributed by atoms with E-state index >= 15 is 0 Å². The summed E-state index contributed by atoms with van der Waals surface area (Å²) in [6, 6.07) is 17.2.